The summed E-state index contributed by atoms with van der Waals surface area (Å²) in [5.74, 6) is -0.828. The lowest BCUT2D eigenvalue weighted by Crippen LogP contribution is -2.13. The average molecular weight is 261 g/mol. The topological polar surface area (TPSA) is 12.0 Å². The van der Waals surface area contributed by atoms with Gasteiger partial charge in [-0.1, -0.05) is 25.1 Å². The summed E-state index contributed by atoms with van der Waals surface area (Å²) in [5.41, 5.74) is 2.07. The smallest absolute Gasteiger partial charge is 0.131 e. The molecule has 3 heteroatoms. The maximum atomic E-state index is 13.7. The minimum absolute atomic E-state index is 0.303. The normalized spacial score (nSPS) is 10.7. The Morgan fingerprint density at radius 2 is 1.89 bits per heavy atom. The van der Waals surface area contributed by atoms with E-state index < -0.39 is 11.6 Å². The first kappa shape index (κ1) is 13.7. The molecule has 1 nitrogen and oxygen atoms in total. The van der Waals surface area contributed by atoms with Crippen LogP contribution >= 0.6 is 0 Å². The second kappa shape index (κ2) is 6.43. The highest BCUT2D eigenvalue weighted by atomic mass is 19.1. The van der Waals surface area contributed by atoms with Crippen molar-refractivity contribution in [3.63, 3.8) is 0 Å². The zero-order chi connectivity index (χ0) is 13.7. The van der Waals surface area contributed by atoms with Gasteiger partial charge in [-0.25, -0.2) is 8.78 Å². The van der Waals surface area contributed by atoms with Gasteiger partial charge in [0.15, 0.2) is 0 Å². The highest BCUT2D eigenvalue weighted by Gasteiger charge is 2.07. The SMILES string of the molecule is CCCNCc1cccc(-c2cc(F)ccc2F)c1. The van der Waals surface area contributed by atoms with Gasteiger partial charge in [0, 0.05) is 12.1 Å². The largest absolute Gasteiger partial charge is 0.313 e. The predicted octanol–water partition coefficient (Wildman–Crippen LogP) is 4.13. The molecule has 0 aliphatic heterocycles. The highest BCUT2D eigenvalue weighted by molar-refractivity contribution is 5.64. The van der Waals surface area contributed by atoms with Crippen molar-refractivity contribution < 1.29 is 8.78 Å². The molecule has 0 bridgehead atoms. The van der Waals surface area contributed by atoms with Gasteiger partial charge in [-0.05, 0) is 48.4 Å². The van der Waals surface area contributed by atoms with Gasteiger partial charge in [-0.15, -0.1) is 0 Å². The Morgan fingerprint density at radius 1 is 1.05 bits per heavy atom. The van der Waals surface area contributed by atoms with Crippen LogP contribution in [-0.4, -0.2) is 6.54 Å². The third-order valence-corrected chi connectivity index (χ3v) is 2.92. The standard InChI is InChI=1S/C16H17F2N/c1-2-8-19-11-12-4-3-5-13(9-12)15-10-14(17)6-7-16(15)18/h3-7,9-10,19H,2,8,11H2,1H3. The second-order valence-electron chi connectivity index (χ2n) is 4.50. The lowest BCUT2D eigenvalue weighted by molar-refractivity contribution is 0.603. The Bertz CT molecular complexity index is 552. The van der Waals surface area contributed by atoms with Gasteiger partial charge in [-0.3, -0.25) is 0 Å². The molecule has 0 atom stereocenters. The molecule has 1 N–H and O–H groups in total. The van der Waals surface area contributed by atoms with Crippen LogP contribution in [0.2, 0.25) is 0 Å². The van der Waals surface area contributed by atoms with Gasteiger partial charge in [0.2, 0.25) is 0 Å². The van der Waals surface area contributed by atoms with Gasteiger partial charge < -0.3 is 5.32 Å². The molecule has 0 unspecified atom stereocenters. The van der Waals surface area contributed by atoms with E-state index in [0.717, 1.165) is 37.2 Å². The molecule has 2 rings (SSSR count). The lowest BCUT2D eigenvalue weighted by atomic mass is 10.0. The lowest BCUT2D eigenvalue weighted by Gasteiger charge is -2.08. The van der Waals surface area contributed by atoms with Crippen molar-refractivity contribution in [2.75, 3.05) is 6.54 Å². The molecule has 100 valence electrons. The summed E-state index contributed by atoms with van der Waals surface area (Å²) in [5, 5.41) is 3.29. The molecule has 0 saturated carbocycles. The molecule has 2 aromatic rings. The minimum Gasteiger partial charge on any atom is -0.313 e. The van der Waals surface area contributed by atoms with Gasteiger partial charge in [0.1, 0.15) is 11.6 Å². The van der Waals surface area contributed by atoms with Gasteiger partial charge >= 0.3 is 0 Å². The van der Waals surface area contributed by atoms with Crippen molar-refractivity contribution >= 4 is 0 Å². The molecule has 0 aliphatic rings. The summed E-state index contributed by atoms with van der Waals surface area (Å²) in [6.45, 7) is 3.78. The average Bonchev–Trinajstić information content (AvgIpc) is 2.42. The molecule has 19 heavy (non-hydrogen) atoms. The van der Waals surface area contributed by atoms with Crippen molar-refractivity contribution in [3.05, 3.63) is 59.7 Å². The summed E-state index contributed by atoms with van der Waals surface area (Å²) >= 11 is 0. The van der Waals surface area contributed by atoms with Crippen molar-refractivity contribution in [2.45, 2.75) is 19.9 Å². The van der Waals surface area contributed by atoms with E-state index in [9.17, 15) is 8.78 Å². The van der Waals surface area contributed by atoms with Crippen LogP contribution in [0.1, 0.15) is 18.9 Å². The first-order chi connectivity index (χ1) is 9.20. The summed E-state index contributed by atoms with van der Waals surface area (Å²) in [6, 6.07) is 11.0. The highest BCUT2D eigenvalue weighted by Crippen LogP contribution is 2.24. The number of benzene rings is 2. The fourth-order valence-electron chi connectivity index (χ4n) is 1.98. The zero-order valence-electron chi connectivity index (χ0n) is 10.9. The Morgan fingerprint density at radius 3 is 2.68 bits per heavy atom. The van der Waals surface area contributed by atoms with E-state index >= 15 is 0 Å². The van der Waals surface area contributed by atoms with Crippen molar-refractivity contribution in [1.29, 1.82) is 0 Å². The van der Waals surface area contributed by atoms with Crippen molar-refractivity contribution in [3.8, 4) is 11.1 Å². The van der Waals surface area contributed by atoms with Crippen LogP contribution in [0.25, 0.3) is 11.1 Å². The second-order valence-corrected chi connectivity index (χ2v) is 4.50. The summed E-state index contributed by atoms with van der Waals surface area (Å²) in [6.07, 6.45) is 1.07. The van der Waals surface area contributed by atoms with E-state index in [4.69, 9.17) is 0 Å². The fraction of sp³-hybridized carbons (Fsp3) is 0.250. The summed E-state index contributed by atoms with van der Waals surface area (Å²) < 4.78 is 26.9. The maximum Gasteiger partial charge on any atom is 0.131 e. The van der Waals surface area contributed by atoms with E-state index in [1.807, 2.05) is 18.2 Å². The van der Waals surface area contributed by atoms with Crippen LogP contribution in [0, 0.1) is 11.6 Å². The molecule has 0 saturated heterocycles. The van der Waals surface area contributed by atoms with E-state index in [1.54, 1.807) is 6.07 Å². The predicted molar refractivity (Wildman–Crippen MR) is 73.8 cm³/mol. The third kappa shape index (κ3) is 3.61. The van der Waals surface area contributed by atoms with E-state index in [0.29, 0.717) is 11.1 Å². The maximum absolute atomic E-state index is 13.7. The number of halogens is 2. The van der Waals surface area contributed by atoms with Crippen LogP contribution in [0.15, 0.2) is 42.5 Å². The Balaban J connectivity index is 2.24. The monoisotopic (exact) mass is 261 g/mol. The minimum atomic E-state index is -0.425. The van der Waals surface area contributed by atoms with E-state index in [1.165, 1.54) is 6.07 Å². The molecule has 0 heterocycles. The molecule has 0 amide bonds. The molecule has 0 aliphatic carbocycles. The zero-order valence-corrected chi connectivity index (χ0v) is 10.9. The molecular formula is C16H17F2N. The fourth-order valence-corrected chi connectivity index (χ4v) is 1.98. The van der Waals surface area contributed by atoms with Crippen LogP contribution in [0.4, 0.5) is 8.78 Å². The van der Waals surface area contributed by atoms with Gasteiger partial charge in [-0.2, -0.15) is 0 Å². The summed E-state index contributed by atoms with van der Waals surface area (Å²) in [4.78, 5) is 0. The van der Waals surface area contributed by atoms with Crippen LogP contribution in [0.5, 0.6) is 0 Å². The van der Waals surface area contributed by atoms with E-state index in [2.05, 4.69) is 12.2 Å². The molecule has 2 aromatic carbocycles. The number of hydrogen-bond acceptors (Lipinski definition) is 1. The number of nitrogens with one attached hydrogen (secondary N) is 1. The number of rotatable bonds is 5. The summed E-state index contributed by atoms with van der Waals surface area (Å²) in [7, 11) is 0. The van der Waals surface area contributed by atoms with E-state index in [-0.39, 0.29) is 0 Å². The van der Waals surface area contributed by atoms with Crippen LogP contribution in [-0.2, 0) is 6.54 Å². The van der Waals surface area contributed by atoms with Gasteiger partial charge in [0.05, 0.1) is 0 Å². The Kier molecular flexibility index (Phi) is 4.63. The molecule has 0 radical (unpaired) electrons. The molecular weight excluding hydrogens is 244 g/mol. The third-order valence-electron chi connectivity index (χ3n) is 2.92. The van der Waals surface area contributed by atoms with Crippen molar-refractivity contribution in [2.24, 2.45) is 0 Å². The quantitative estimate of drug-likeness (QED) is 0.798. The Labute approximate surface area is 112 Å². The first-order valence-corrected chi connectivity index (χ1v) is 6.46. The Hall–Kier alpha value is -1.74. The molecule has 0 fully saturated rings. The first-order valence-electron chi connectivity index (χ1n) is 6.46. The molecule has 0 aromatic heterocycles. The van der Waals surface area contributed by atoms with Crippen LogP contribution < -0.4 is 5.32 Å². The van der Waals surface area contributed by atoms with Crippen LogP contribution in [0.3, 0.4) is 0 Å². The van der Waals surface area contributed by atoms with Gasteiger partial charge in [0.25, 0.3) is 0 Å². The molecule has 0 spiro atoms. The van der Waals surface area contributed by atoms with Crippen molar-refractivity contribution in [1.82, 2.24) is 5.32 Å². The number of hydrogen-bond donors (Lipinski definition) is 1.